The second-order valence-electron chi connectivity index (χ2n) is 7.97. The summed E-state index contributed by atoms with van der Waals surface area (Å²) in [5.41, 5.74) is 4.56. The Bertz CT molecular complexity index is 1420. The van der Waals surface area contributed by atoms with E-state index in [0.717, 1.165) is 27.9 Å². The van der Waals surface area contributed by atoms with Crippen molar-refractivity contribution in [2.75, 3.05) is 0 Å². The molecule has 1 aliphatic rings. The standard InChI is InChI=1S/C26H23N3O3/c30-20-10-6-18(7-11-20)15-23-26(32)29-16-24(19-8-12-21(31)13-9-19)27-22(25(29)28-23)14-17-4-2-1-3-5-17/h1-13,15,24,27-28,30-31H,14,16H2. The molecule has 0 bridgehead atoms. The number of hydrogen-bond acceptors (Lipinski definition) is 4. The first-order valence-corrected chi connectivity index (χ1v) is 10.5. The van der Waals surface area contributed by atoms with Gasteiger partial charge < -0.3 is 20.5 Å². The van der Waals surface area contributed by atoms with E-state index < -0.39 is 0 Å². The van der Waals surface area contributed by atoms with Gasteiger partial charge in [0.15, 0.2) is 0 Å². The molecule has 1 atom stereocenters. The molecule has 4 aromatic rings. The molecule has 160 valence electrons. The summed E-state index contributed by atoms with van der Waals surface area (Å²) in [5, 5.41) is 23.3. The van der Waals surface area contributed by atoms with E-state index in [9.17, 15) is 15.0 Å². The lowest BCUT2D eigenvalue weighted by atomic mass is 10.0. The monoisotopic (exact) mass is 425 g/mol. The van der Waals surface area contributed by atoms with E-state index in [2.05, 4.69) is 22.4 Å². The molecule has 0 saturated carbocycles. The fourth-order valence-corrected chi connectivity index (χ4v) is 4.08. The third kappa shape index (κ3) is 3.90. The van der Waals surface area contributed by atoms with E-state index in [1.807, 2.05) is 30.3 Å². The van der Waals surface area contributed by atoms with Crippen molar-refractivity contribution < 1.29 is 10.2 Å². The largest absolute Gasteiger partial charge is 0.508 e. The van der Waals surface area contributed by atoms with Crippen LogP contribution < -0.4 is 21.7 Å². The quantitative estimate of drug-likeness (QED) is 0.403. The zero-order valence-corrected chi connectivity index (χ0v) is 17.3. The number of nitrogens with zero attached hydrogens (tertiary/aromatic N) is 1. The Kier molecular flexibility index (Phi) is 5.03. The van der Waals surface area contributed by atoms with Gasteiger partial charge in [-0.05, 0) is 47.0 Å². The predicted molar refractivity (Wildman–Crippen MR) is 124 cm³/mol. The van der Waals surface area contributed by atoms with Gasteiger partial charge in [0, 0.05) is 6.42 Å². The number of aromatic amines is 1. The zero-order valence-electron chi connectivity index (χ0n) is 17.3. The second-order valence-corrected chi connectivity index (χ2v) is 7.97. The maximum absolute atomic E-state index is 13.3. The van der Waals surface area contributed by atoms with E-state index in [-0.39, 0.29) is 23.1 Å². The molecule has 0 fully saturated rings. The van der Waals surface area contributed by atoms with Crippen molar-refractivity contribution in [2.24, 2.45) is 0 Å². The number of nitrogens with one attached hydrogen (secondary N) is 2. The molecule has 1 aromatic heterocycles. The van der Waals surface area contributed by atoms with Crippen molar-refractivity contribution >= 4 is 11.8 Å². The SMILES string of the molecule is O=c1c(=Cc2ccc(O)cc2)[nH]c2n1CC(c1ccc(O)cc1)NC=2Cc1ccccc1. The lowest BCUT2D eigenvalue weighted by Gasteiger charge is -2.27. The van der Waals surface area contributed by atoms with Gasteiger partial charge in [0.25, 0.3) is 5.56 Å². The minimum Gasteiger partial charge on any atom is -0.508 e. The summed E-state index contributed by atoms with van der Waals surface area (Å²) in [7, 11) is 0. The van der Waals surface area contributed by atoms with Gasteiger partial charge in [-0.1, -0.05) is 54.6 Å². The number of benzene rings is 3. The highest BCUT2D eigenvalue weighted by Gasteiger charge is 2.23. The molecule has 6 heteroatoms. The molecule has 0 saturated heterocycles. The van der Waals surface area contributed by atoms with Gasteiger partial charge in [-0.2, -0.15) is 0 Å². The van der Waals surface area contributed by atoms with Crippen LogP contribution in [-0.2, 0) is 13.0 Å². The second kappa shape index (κ2) is 8.15. The van der Waals surface area contributed by atoms with Crippen LogP contribution in [0, 0.1) is 0 Å². The topological polar surface area (TPSA) is 90.3 Å². The van der Waals surface area contributed by atoms with E-state index in [0.29, 0.717) is 18.3 Å². The number of hydrogen-bond donors (Lipinski definition) is 4. The van der Waals surface area contributed by atoms with Crippen LogP contribution in [0.5, 0.6) is 11.5 Å². The fourth-order valence-electron chi connectivity index (χ4n) is 4.08. The Morgan fingerprint density at radius 1 is 0.906 bits per heavy atom. The Hall–Kier alpha value is -4.19. The smallest absolute Gasteiger partial charge is 0.276 e. The number of imidazole rings is 1. The Balaban J connectivity index is 1.63. The van der Waals surface area contributed by atoms with Gasteiger partial charge in [0.1, 0.15) is 22.3 Å². The maximum atomic E-state index is 13.3. The number of aromatic hydroxyl groups is 2. The Labute approximate surface area is 184 Å². The molecule has 1 aliphatic heterocycles. The molecule has 0 aliphatic carbocycles. The van der Waals surface area contributed by atoms with Gasteiger partial charge >= 0.3 is 0 Å². The average Bonchev–Trinajstić information content (AvgIpc) is 3.12. The highest BCUT2D eigenvalue weighted by Crippen LogP contribution is 2.22. The van der Waals surface area contributed by atoms with Crippen molar-refractivity contribution in [3.05, 3.63) is 117 Å². The van der Waals surface area contributed by atoms with Crippen molar-refractivity contribution in [1.29, 1.82) is 0 Å². The van der Waals surface area contributed by atoms with Crippen LogP contribution in [0.25, 0.3) is 11.8 Å². The lowest BCUT2D eigenvalue weighted by Crippen LogP contribution is -2.44. The summed E-state index contributed by atoms with van der Waals surface area (Å²) in [5.74, 6) is 0.396. The van der Waals surface area contributed by atoms with Gasteiger partial charge in [-0.15, -0.1) is 0 Å². The van der Waals surface area contributed by atoms with Gasteiger partial charge in [0.2, 0.25) is 0 Å². The molecule has 3 aromatic carbocycles. The van der Waals surface area contributed by atoms with E-state index in [1.165, 1.54) is 0 Å². The lowest BCUT2D eigenvalue weighted by molar-refractivity contribution is 0.465. The third-order valence-electron chi connectivity index (χ3n) is 5.72. The molecular weight excluding hydrogens is 402 g/mol. The van der Waals surface area contributed by atoms with Crippen LogP contribution in [0.2, 0.25) is 0 Å². The number of phenolic OH excluding ortho intramolecular Hbond substituents is 2. The highest BCUT2D eigenvalue weighted by atomic mass is 16.3. The Morgan fingerprint density at radius 3 is 2.25 bits per heavy atom. The minimum absolute atomic E-state index is 0.0936. The van der Waals surface area contributed by atoms with E-state index >= 15 is 0 Å². The first-order chi connectivity index (χ1) is 15.6. The van der Waals surface area contributed by atoms with Crippen LogP contribution >= 0.6 is 0 Å². The summed E-state index contributed by atoms with van der Waals surface area (Å²) in [6, 6.07) is 23.8. The number of rotatable bonds is 4. The van der Waals surface area contributed by atoms with Gasteiger partial charge in [-0.3, -0.25) is 9.36 Å². The summed E-state index contributed by atoms with van der Waals surface area (Å²) >= 11 is 0. The zero-order chi connectivity index (χ0) is 22.1. The number of H-pyrrole nitrogens is 1. The van der Waals surface area contributed by atoms with Gasteiger partial charge in [-0.25, -0.2) is 0 Å². The third-order valence-corrected chi connectivity index (χ3v) is 5.72. The number of fused-ring (bicyclic) bond motifs is 1. The summed E-state index contributed by atoms with van der Waals surface area (Å²) in [6.45, 7) is 0.469. The minimum atomic E-state index is -0.100. The Morgan fingerprint density at radius 2 is 1.56 bits per heavy atom. The number of aromatic nitrogens is 2. The molecule has 6 nitrogen and oxygen atoms in total. The van der Waals surface area contributed by atoms with Crippen LogP contribution in [0.4, 0.5) is 0 Å². The van der Waals surface area contributed by atoms with Crippen LogP contribution in [0.15, 0.2) is 83.7 Å². The van der Waals surface area contributed by atoms with Crippen LogP contribution in [0.3, 0.4) is 0 Å². The highest BCUT2D eigenvalue weighted by molar-refractivity contribution is 5.51. The molecule has 2 heterocycles. The normalized spacial score (nSPS) is 15.9. The predicted octanol–water partition coefficient (Wildman–Crippen LogP) is 2.11. The van der Waals surface area contributed by atoms with Crippen molar-refractivity contribution in [3.8, 4) is 11.5 Å². The molecule has 32 heavy (non-hydrogen) atoms. The summed E-state index contributed by atoms with van der Waals surface area (Å²) in [4.78, 5) is 16.6. The molecule has 0 radical (unpaired) electrons. The fraction of sp³-hybridized carbons (Fsp3) is 0.115. The van der Waals surface area contributed by atoms with Crippen molar-refractivity contribution in [1.82, 2.24) is 14.9 Å². The molecule has 4 N–H and O–H groups in total. The summed E-state index contributed by atoms with van der Waals surface area (Å²) < 4.78 is 1.78. The van der Waals surface area contributed by atoms with Crippen molar-refractivity contribution in [3.63, 3.8) is 0 Å². The molecule has 0 spiro atoms. The van der Waals surface area contributed by atoms with E-state index in [4.69, 9.17) is 0 Å². The maximum Gasteiger partial charge on any atom is 0.276 e. The van der Waals surface area contributed by atoms with Crippen LogP contribution in [0.1, 0.15) is 22.7 Å². The van der Waals surface area contributed by atoms with Gasteiger partial charge in [0.05, 0.1) is 18.3 Å². The van der Waals surface area contributed by atoms with E-state index in [1.54, 1.807) is 47.0 Å². The van der Waals surface area contributed by atoms with Crippen molar-refractivity contribution in [2.45, 2.75) is 19.0 Å². The molecule has 5 rings (SSSR count). The number of phenols is 2. The first-order valence-electron chi connectivity index (χ1n) is 10.5. The molecule has 0 amide bonds. The molecule has 1 unspecified atom stereocenters. The summed E-state index contributed by atoms with van der Waals surface area (Å²) in [6.07, 6.45) is 2.44. The first kappa shape index (κ1) is 19.8. The average molecular weight is 425 g/mol. The molecular formula is C26H23N3O3. The van der Waals surface area contributed by atoms with Crippen LogP contribution in [-0.4, -0.2) is 19.8 Å².